The van der Waals surface area contributed by atoms with Gasteiger partial charge in [0.1, 0.15) is 0 Å². The number of carbonyl (C=O) groups is 1. The average molecular weight is 249 g/mol. The summed E-state index contributed by atoms with van der Waals surface area (Å²) < 4.78 is 1.92. The van der Waals surface area contributed by atoms with E-state index in [9.17, 15) is 4.79 Å². The Morgan fingerprint density at radius 1 is 1.39 bits per heavy atom. The van der Waals surface area contributed by atoms with Gasteiger partial charge in [-0.3, -0.25) is 4.79 Å². The largest absolute Gasteiger partial charge is 0.357 e. The van der Waals surface area contributed by atoms with Crippen molar-refractivity contribution in [3.05, 3.63) is 24.0 Å². The molecule has 4 heteroatoms. The minimum atomic E-state index is 0.267. The Kier molecular flexibility index (Phi) is 4.96. The second-order valence-electron chi connectivity index (χ2n) is 5.04. The van der Waals surface area contributed by atoms with Crippen molar-refractivity contribution < 1.29 is 4.79 Å². The summed E-state index contributed by atoms with van der Waals surface area (Å²) in [4.78, 5) is 14.4. The second-order valence-corrected chi connectivity index (χ2v) is 5.04. The summed E-state index contributed by atoms with van der Waals surface area (Å²) in [6.07, 6.45) is 6.67. The number of hydrogen-bond donors (Lipinski definition) is 1. The second kappa shape index (κ2) is 6.71. The van der Waals surface area contributed by atoms with Crippen molar-refractivity contribution in [1.82, 2.24) is 14.8 Å². The van der Waals surface area contributed by atoms with Crippen LogP contribution < -0.4 is 5.32 Å². The molecule has 1 aliphatic rings. The Morgan fingerprint density at radius 2 is 2.28 bits per heavy atom. The van der Waals surface area contributed by atoms with Gasteiger partial charge in [0.15, 0.2) is 5.78 Å². The molecule has 2 heterocycles. The van der Waals surface area contributed by atoms with Crippen molar-refractivity contribution >= 4 is 5.78 Å². The number of aryl methyl sites for hydroxylation is 1. The Morgan fingerprint density at radius 3 is 3.06 bits per heavy atom. The van der Waals surface area contributed by atoms with Crippen LogP contribution in [0.3, 0.4) is 0 Å². The first-order chi connectivity index (χ1) is 8.75. The maximum absolute atomic E-state index is 11.9. The van der Waals surface area contributed by atoms with Gasteiger partial charge in [-0.25, -0.2) is 0 Å². The molecule has 0 spiro atoms. The Bertz CT molecular complexity index is 378. The summed E-state index contributed by atoms with van der Waals surface area (Å²) in [5.74, 6) is 0.267. The molecule has 1 aromatic heterocycles. The number of hydrogen-bond acceptors (Lipinski definition) is 3. The van der Waals surface area contributed by atoms with Crippen LogP contribution in [0.15, 0.2) is 18.5 Å². The number of carbonyl (C=O) groups excluding carboxylic acids is 1. The Balaban J connectivity index is 1.69. The first-order valence-electron chi connectivity index (χ1n) is 6.84. The molecule has 0 aliphatic carbocycles. The predicted octanol–water partition coefficient (Wildman–Crippen LogP) is 1.28. The van der Waals surface area contributed by atoms with E-state index in [0.29, 0.717) is 6.42 Å². The lowest BCUT2D eigenvalue weighted by Crippen LogP contribution is -2.29. The van der Waals surface area contributed by atoms with Crippen LogP contribution in [0.5, 0.6) is 0 Å². The van der Waals surface area contributed by atoms with Crippen molar-refractivity contribution in [2.24, 2.45) is 7.05 Å². The molecule has 1 saturated heterocycles. The summed E-state index contributed by atoms with van der Waals surface area (Å²) in [6, 6.07) is 1.90. The lowest BCUT2D eigenvalue weighted by molar-refractivity contribution is 0.0975. The number of rotatable bonds is 5. The molecule has 100 valence electrons. The molecule has 4 nitrogen and oxygen atoms in total. The van der Waals surface area contributed by atoms with Crippen LogP contribution in [-0.4, -0.2) is 48.0 Å². The van der Waals surface area contributed by atoms with Crippen molar-refractivity contribution in [3.63, 3.8) is 0 Å². The van der Waals surface area contributed by atoms with Crippen molar-refractivity contribution in [2.75, 3.05) is 32.7 Å². The molecule has 1 aromatic rings. The molecule has 2 rings (SSSR count). The van der Waals surface area contributed by atoms with Gasteiger partial charge in [-0.1, -0.05) is 0 Å². The monoisotopic (exact) mass is 249 g/mol. The first-order valence-corrected chi connectivity index (χ1v) is 6.84. The number of nitrogens with zero attached hydrogens (tertiary/aromatic N) is 2. The number of nitrogens with one attached hydrogen (secondary N) is 1. The van der Waals surface area contributed by atoms with Crippen LogP contribution in [0, 0.1) is 0 Å². The van der Waals surface area contributed by atoms with Crippen molar-refractivity contribution in [3.8, 4) is 0 Å². The van der Waals surface area contributed by atoms with E-state index in [2.05, 4.69) is 10.2 Å². The third kappa shape index (κ3) is 3.96. The van der Waals surface area contributed by atoms with Gasteiger partial charge in [-0.15, -0.1) is 0 Å². The van der Waals surface area contributed by atoms with Gasteiger partial charge in [0.2, 0.25) is 0 Å². The fraction of sp³-hybridized carbons (Fsp3) is 0.643. The van der Waals surface area contributed by atoms with E-state index >= 15 is 0 Å². The van der Waals surface area contributed by atoms with Gasteiger partial charge < -0.3 is 14.8 Å². The summed E-state index contributed by atoms with van der Waals surface area (Å²) >= 11 is 0. The van der Waals surface area contributed by atoms with Crippen LogP contribution >= 0.6 is 0 Å². The van der Waals surface area contributed by atoms with Crippen LogP contribution in [0.1, 0.15) is 29.6 Å². The minimum absolute atomic E-state index is 0.267. The Hall–Kier alpha value is -1.13. The lowest BCUT2D eigenvalue weighted by Gasteiger charge is -2.18. The zero-order chi connectivity index (χ0) is 12.8. The van der Waals surface area contributed by atoms with Crippen LogP contribution in [0.2, 0.25) is 0 Å². The standard InChI is InChI=1S/C14H23N3O/c1-16-10-5-13(12-16)14(18)4-2-8-17-9-3-6-15-7-11-17/h5,10,12,15H,2-4,6-9,11H2,1H3. The molecule has 1 aliphatic heterocycles. The van der Waals surface area contributed by atoms with Gasteiger partial charge in [0.05, 0.1) is 0 Å². The van der Waals surface area contributed by atoms with E-state index in [0.717, 1.165) is 44.7 Å². The fourth-order valence-corrected chi connectivity index (χ4v) is 2.40. The molecule has 0 amide bonds. The molecule has 0 aromatic carbocycles. The van der Waals surface area contributed by atoms with Gasteiger partial charge in [-0.2, -0.15) is 0 Å². The molecule has 0 unspecified atom stereocenters. The maximum Gasteiger partial charge on any atom is 0.164 e. The fourth-order valence-electron chi connectivity index (χ4n) is 2.40. The van der Waals surface area contributed by atoms with E-state index < -0.39 is 0 Å². The molecular weight excluding hydrogens is 226 g/mol. The van der Waals surface area contributed by atoms with Crippen LogP contribution in [0.4, 0.5) is 0 Å². The predicted molar refractivity (Wildman–Crippen MR) is 72.9 cm³/mol. The third-order valence-electron chi connectivity index (χ3n) is 3.46. The smallest absolute Gasteiger partial charge is 0.164 e. The van der Waals surface area contributed by atoms with Gasteiger partial charge in [0.25, 0.3) is 0 Å². The molecule has 1 N–H and O–H groups in total. The number of aromatic nitrogens is 1. The number of ketones is 1. The van der Waals surface area contributed by atoms with Gasteiger partial charge in [-0.05, 0) is 38.5 Å². The highest BCUT2D eigenvalue weighted by Crippen LogP contribution is 2.07. The highest BCUT2D eigenvalue weighted by Gasteiger charge is 2.10. The highest BCUT2D eigenvalue weighted by molar-refractivity contribution is 5.95. The normalized spacial score (nSPS) is 17.6. The molecule has 0 radical (unpaired) electrons. The summed E-state index contributed by atoms with van der Waals surface area (Å²) in [7, 11) is 1.95. The van der Waals surface area contributed by atoms with E-state index in [1.807, 2.05) is 30.1 Å². The third-order valence-corrected chi connectivity index (χ3v) is 3.46. The van der Waals surface area contributed by atoms with Gasteiger partial charge in [0, 0.05) is 44.5 Å². The molecule has 1 fully saturated rings. The highest BCUT2D eigenvalue weighted by atomic mass is 16.1. The topological polar surface area (TPSA) is 37.3 Å². The lowest BCUT2D eigenvalue weighted by atomic mass is 10.1. The molecular formula is C14H23N3O. The molecule has 0 bridgehead atoms. The summed E-state index contributed by atoms with van der Waals surface area (Å²) in [5, 5.41) is 3.39. The van der Waals surface area contributed by atoms with E-state index in [4.69, 9.17) is 0 Å². The van der Waals surface area contributed by atoms with Crippen LogP contribution in [-0.2, 0) is 7.05 Å². The zero-order valence-corrected chi connectivity index (χ0v) is 11.2. The Labute approximate surface area is 109 Å². The van der Waals surface area contributed by atoms with E-state index in [1.54, 1.807) is 0 Å². The van der Waals surface area contributed by atoms with Crippen molar-refractivity contribution in [2.45, 2.75) is 19.3 Å². The quantitative estimate of drug-likeness (QED) is 0.799. The van der Waals surface area contributed by atoms with E-state index in [1.165, 1.54) is 6.42 Å². The number of Topliss-reactive ketones (excluding diaryl/α,β-unsaturated/α-hetero) is 1. The summed E-state index contributed by atoms with van der Waals surface area (Å²) in [5.41, 5.74) is 0.843. The van der Waals surface area contributed by atoms with E-state index in [-0.39, 0.29) is 5.78 Å². The zero-order valence-electron chi connectivity index (χ0n) is 11.2. The molecule has 0 atom stereocenters. The maximum atomic E-state index is 11.9. The molecule has 0 saturated carbocycles. The van der Waals surface area contributed by atoms with Crippen LogP contribution in [0.25, 0.3) is 0 Å². The average Bonchev–Trinajstić information content (AvgIpc) is 2.63. The van der Waals surface area contributed by atoms with Gasteiger partial charge >= 0.3 is 0 Å². The van der Waals surface area contributed by atoms with Crippen molar-refractivity contribution in [1.29, 1.82) is 0 Å². The summed E-state index contributed by atoms with van der Waals surface area (Å²) in [6.45, 7) is 5.51. The minimum Gasteiger partial charge on any atom is -0.357 e. The SMILES string of the molecule is Cn1ccc(C(=O)CCCN2CCCNCC2)c1. The molecule has 18 heavy (non-hydrogen) atoms. The first kappa shape index (κ1) is 13.3.